The number of hydrogen-bond acceptors (Lipinski definition) is 4. The molecule has 1 aliphatic carbocycles. The zero-order valence-corrected chi connectivity index (χ0v) is 10.0. The summed E-state index contributed by atoms with van der Waals surface area (Å²) < 4.78 is 0. The van der Waals surface area contributed by atoms with E-state index in [9.17, 15) is 0 Å². The lowest BCUT2D eigenvalue weighted by molar-refractivity contribution is 0.361. The van der Waals surface area contributed by atoms with Gasteiger partial charge in [0.15, 0.2) is 11.5 Å². The molecule has 0 atom stereocenters. The van der Waals surface area contributed by atoms with Gasteiger partial charge in [-0.3, -0.25) is 0 Å². The highest BCUT2D eigenvalue weighted by Crippen LogP contribution is 2.37. The Morgan fingerprint density at radius 3 is 2.94 bits per heavy atom. The number of imidazole rings is 1. The molecule has 0 unspecified atom stereocenters. The number of anilines is 1. The van der Waals surface area contributed by atoms with E-state index in [2.05, 4.69) is 32.2 Å². The molecule has 0 spiro atoms. The van der Waals surface area contributed by atoms with Crippen molar-refractivity contribution in [3.63, 3.8) is 0 Å². The Morgan fingerprint density at radius 1 is 1.29 bits per heavy atom. The van der Waals surface area contributed by atoms with Gasteiger partial charge in [0.25, 0.3) is 0 Å². The highest BCUT2D eigenvalue weighted by molar-refractivity contribution is 5.81. The van der Waals surface area contributed by atoms with E-state index in [-0.39, 0.29) is 0 Å². The Labute approximate surface area is 100 Å². The predicted molar refractivity (Wildman–Crippen MR) is 66.7 cm³/mol. The van der Waals surface area contributed by atoms with Crippen molar-refractivity contribution in [2.75, 3.05) is 11.9 Å². The molecule has 0 aromatic carbocycles. The van der Waals surface area contributed by atoms with Crippen molar-refractivity contribution in [3.8, 4) is 0 Å². The average Bonchev–Trinajstić information content (AvgIpc) is 2.95. The van der Waals surface area contributed by atoms with E-state index in [4.69, 9.17) is 0 Å². The fourth-order valence-electron chi connectivity index (χ4n) is 2.60. The fraction of sp³-hybridized carbons (Fsp3) is 0.583. The molecule has 5 nitrogen and oxygen atoms in total. The summed E-state index contributed by atoms with van der Waals surface area (Å²) in [6.07, 6.45) is 8.52. The number of hydrogen-bond donors (Lipinski definition) is 2. The molecule has 90 valence electrons. The largest absolute Gasteiger partial charge is 0.368 e. The van der Waals surface area contributed by atoms with Crippen molar-refractivity contribution < 1.29 is 0 Å². The lowest BCUT2D eigenvalue weighted by atomic mass is 9.89. The van der Waals surface area contributed by atoms with Crippen molar-refractivity contribution in [2.24, 2.45) is 5.41 Å². The summed E-state index contributed by atoms with van der Waals surface area (Å²) in [5, 5.41) is 3.43. The van der Waals surface area contributed by atoms with Crippen LogP contribution >= 0.6 is 0 Å². The lowest BCUT2D eigenvalue weighted by Crippen LogP contribution is -2.23. The van der Waals surface area contributed by atoms with E-state index in [0.717, 1.165) is 23.5 Å². The maximum atomic E-state index is 4.28. The van der Waals surface area contributed by atoms with Gasteiger partial charge in [0.1, 0.15) is 11.8 Å². The van der Waals surface area contributed by atoms with Crippen LogP contribution in [0.1, 0.15) is 32.6 Å². The maximum absolute atomic E-state index is 4.28. The van der Waals surface area contributed by atoms with Crippen LogP contribution in [0.4, 0.5) is 5.82 Å². The fourth-order valence-corrected chi connectivity index (χ4v) is 2.60. The Hall–Kier alpha value is -1.65. The summed E-state index contributed by atoms with van der Waals surface area (Å²) in [6, 6.07) is 0. The van der Waals surface area contributed by atoms with Crippen molar-refractivity contribution in [3.05, 3.63) is 12.7 Å². The molecule has 2 aromatic heterocycles. The molecule has 1 fully saturated rings. The number of nitrogens with one attached hydrogen (secondary N) is 2. The van der Waals surface area contributed by atoms with Gasteiger partial charge in [-0.05, 0) is 18.3 Å². The molecular weight excluding hydrogens is 214 g/mol. The first-order chi connectivity index (χ1) is 8.27. The summed E-state index contributed by atoms with van der Waals surface area (Å²) in [7, 11) is 0. The van der Waals surface area contributed by atoms with E-state index in [1.54, 1.807) is 12.7 Å². The van der Waals surface area contributed by atoms with E-state index in [1.807, 2.05) is 0 Å². The van der Waals surface area contributed by atoms with Crippen LogP contribution in [0.3, 0.4) is 0 Å². The van der Waals surface area contributed by atoms with Crippen molar-refractivity contribution in [2.45, 2.75) is 32.6 Å². The van der Waals surface area contributed by atoms with Crippen LogP contribution in [0.2, 0.25) is 0 Å². The molecule has 0 bridgehead atoms. The van der Waals surface area contributed by atoms with Crippen LogP contribution in [0.5, 0.6) is 0 Å². The number of H-pyrrole nitrogens is 1. The summed E-state index contributed by atoms with van der Waals surface area (Å²) >= 11 is 0. The molecule has 17 heavy (non-hydrogen) atoms. The van der Waals surface area contributed by atoms with Gasteiger partial charge >= 0.3 is 0 Å². The third-order valence-corrected chi connectivity index (χ3v) is 3.72. The van der Waals surface area contributed by atoms with Gasteiger partial charge in [0.05, 0.1) is 6.33 Å². The molecule has 5 heteroatoms. The molecular formula is C12H17N5. The van der Waals surface area contributed by atoms with Gasteiger partial charge in [-0.1, -0.05) is 19.8 Å². The van der Waals surface area contributed by atoms with Gasteiger partial charge < -0.3 is 10.3 Å². The molecule has 2 heterocycles. The topological polar surface area (TPSA) is 66.5 Å². The normalized spacial score (nSPS) is 18.6. The summed E-state index contributed by atoms with van der Waals surface area (Å²) in [5.41, 5.74) is 2.03. The first kappa shape index (κ1) is 10.5. The van der Waals surface area contributed by atoms with Crippen LogP contribution in [0.25, 0.3) is 11.2 Å². The Morgan fingerprint density at radius 2 is 2.12 bits per heavy atom. The minimum absolute atomic E-state index is 0.414. The van der Waals surface area contributed by atoms with Crippen molar-refractivity contribution in [1.82, 2.24) is 19.9 Å². The quantitative estimate of drug-likeness (QED) is 0.851. The molecule has 0 saturated heterocycles. The van der Waals surface area contributed by atoms with Crippen molar-refractivity contribution in [1.29, 1.82) is 0 Å². The Bertz CT molecular complexity index is 512. The standard InChI is InChI=1S/C12H17N5/c1-12(4-2-3-5-12)6-13-10-9-11(15-7-14-9)17-8-16-10/h7-8H,2-6H2,1H3,(H2,13,14,15,16,17). The minimum Gasteiger partial charge on any atom is -0.368 e. The average molecular weight is 231 g/mol. The van der Waals surface area contributed by atoms with Gasteiger partial charge in [-0.25, -0.2) is 15.0 Å². The predicted octanol–water partition coefficient (Wildman–Crippen LogP) is 2.35. The van der Waals surface area contributed by atoms with Crippen LogP contribution in [0.15, 0.2) is 12.7 Å². The van der Waals surface area contributed by atoms with Crippen LogP contribution in [-0.2, 0) is 0 Å². The Kier molecular flexibility index (Phi) is 2.46. The zero-order valence-electron chi connectivity index (χ0n) is 10.0. The Balaban J connectivity index is 1.78. The van der Waals surface area contributed by atoms with E-state index < -0.39 is 0 Å². The monoisotopic (exact) mass is 231 g/mol. The number of fused-ring (bicyclic) bond motifs is 1. The SMILES string of the molecule is CC1(CNc2ncnc3nc[nH]c23)CCCC1. The van der Waals surface area contributed by atoms with Gasteiger partial charge in [-0.2, -0.15) is 0 Å². The molecule has 1 aliphatic rings. The van der Waals surface area contributed by atoms with E-state index in [0.29, 0.717) is 5.41 Å². The summed E-state index contributed by atoms with van der Waals surface area (Å²) in [6.45, 7) is 3.32. The highest BCUT2D eigenvalue weighted by Gasteiger charge is 2.28. The van der Waals surface area contributed by atoms with Gasteiger partial charge in [0.2, 0.25) is 0 Å². The molecule has 2 N–H and O–H groups in total. The second-order valence-electron chi connectivity index (χ2n) is 5.19. The highest BCUT2D eigenvalue weighted by atomic mass is 15.1. The second-order valence-corrected chi connectivity index (χ2v) is 5.19. The number of aromatic nitrogens is 4. The first-order valence-corrected chi connectivity index (χ1v) is 6.15. The first-order valence-electron chi connectivity index (χ1n) is 6.15. The number of nitrogens with zero attached hydrogens (tertiary/aromatic N) is 3. The molecule has 0 amide bonds. The molecule has 0 aliphatic heterocycles. The van der Waals surface area contributed by atoms with Crippen LogP contribution < -0.4 is 5.32 Å². The smallest absolute Gasteiger partial charge is 0.182 e. The minimum atomic E-state index is 0.414. The number of aromatic amines is 1. The van der Waals surface area contributed by atoms with Gasteiger partial charge in [-0.15, -0.1) is 0 Å². The van der Waals surface area contributed by atoms with Gasteiger partial charge in [0, 0.05) is 6.54 Å². The van der Waals surface area contributed by atoms with Crippen molar-refractivity contribution >= 4 is 17.0 Å². The molecule has 2 aromatic rings. The van der Waals surface area contributed by atoms with E-state index >= 15 is 0 Å². The van der Waals surface area contributed by atoms with Crippen LogP contribution in [-0.4, -0.2) is 26.5 Å². The van der Waals surface area contributed by atoms with Crippen LogP contribution in [0, 0.1) is 5.41 Å². The third kappa shape index (κ3) is 1.97. The van der Waals surface area contributed by atoms with E-state index in [1.165, 1.54) is 25.7 Å². The second kappa shape index (κ2) is 3.98. The third-order valence-electron chi connectivity index (χ3n) is 3.72. The molecule has 1 saturated carbocycles. The molecule has 3 rings (SSSR count). The zero-order chi connectivity index (χ0) is 11.7. The summed E-state index contributed by atoms with van der Waals surface area (Å²) in [4.78, 5) is 15.6. The lowest BCUT2D eigenvalue weighted by Gasteiger charge is -2.23. The number of rotatable bonds is 3. The molecule has 0 radical (unpaired) electrons. The maximum Gasteiger partial charge on any atom is 0.182 e. The summed E-state index contributed by atoms with van der Waals surface area (Å²) in [5.74, 6) is 0.862.